The Bertz CT molecular complexity index is 3030. The molecule has 0 unspecified atom stereocenters. The molecule has 0 aliphatic carbocycles. The van der Waals surface area contributed by atoms with Crippen molar-refractivity contribution in [3.63, 3.8) is 0 Å². The summed E-state index contributed by atoms with van der Waals surface area (Å²) >= 11 is 0. The molecule has 0 fully saturated rings. The fourth-order valence-corrected chi connectivity index (χ4v) is 8.19. The molecule has 3 nitrogen and oxygen atoms in total. The van der Waals surface area contributed by atoms with Gasteiger partial charge < -0.3 is 13.7 Å². The lowest BCUT2D eigenvalue weighted by Gasteiger charge is -2.26. The predicted octanol–water partition coefficient (Wildman–Crippen LogP) is 14.6. The van der Waals surface area contributed by atoms with Gasteiger partial charge in [-0.15, -0.1) is 0 Å². The Morgan fingerprint density at radius 3 is 1.47 bits per heavy atom. The zero-order chi connectivity index (χ0) is 34.9. The number of anilines is 3. The van der Waals surface area contributed by atoms with Crippen LogP contribution in [0.3, 0.4) is 0 Å². The number of fused-ring (bicyclic) bond motifs is 9. The molecule has 9 aromatic carbocycles. The van der Waals surface area contributed by atoms with Gasteiger partial charge in [0.2, 0.25) is 0 Å². The molecule has 248 valence electrons. The van der Waals surface area contributed by atoms with Gasteiger partial charge in [-0.05, 0) is 92.3 Å². The van der Waals surface area contributed by atoms with Crippen molar-refractivity contribution in [1.29, 1.82) is 0 Å². The summed E-state index contributed by atoms with van der Waals surface area (Å²) in [5.41, 5.74) is 11.2. The maximum Gasteiger partial charge on any atom is 0.159 e. The van der Waals surface area contributed by atoms with Gasteiger partial charge in [0.25, 0.3) is 0 Å². The van der Waals surface area contributed by atoms with Crippen LogP contribution in [-0.4, -0.2) is 0 Å². The average molecular weight is 678 g/mol. The molecule has 0 saturated carbocycles. The molecule has 2 heterocycles. The number of para-hydroxylation sites is 2. The molecule has 0 saturated heterocycles. The SMILES string of the molecule is c1ccc2c(-c3ccc(N(c4ccc(-c5cccc6ccccc56)cc4)c4cccc5c4oc4c5ccc5oc6ccccc6c54)cc3)cccc2c1. The number of nitrogens with zero attached hydrogens (tertiary/aromatic N) is 1. The monoisotopic (exact) mass is 677 g/mol. The summed E-state index contributed by atoms with van der Waals surface area (Å²) in [5, 5.41) is 9.15. The van der Waals surface area contributed by atoms with Gasteiger partial charge in [0.05, 0.1) is 11.1 Å². The molecule has 3 heteroatoms. The molecule has 53 heavy (non-hydrogen) atoms. The van der Waals surface area contributed by atoms with Crippen LogP contribution in [0.15, 0.2) is 197 Å². The second-order valence-electron chi connectivity index (χ2n) is 13.7. The molecular formula is C50H31NO2. The van der Waals surface area contributed by atoms with Crippen LogP contribution in [0.25, 0.3) is 87.7 Å². The summed E-state index contributed by atoms with van der Waals surface area (Å²) in [7, 11) is 0. The molecule has 0 bridgehead atoms. The van der Waals surface area contributed by atoms with Crippen LogP contribution >= 0.6 is 0 Å². The summed E-state index contributed by atoms with van der Waals surface area (Å²) in [4.78, 5) is 2.31. The van der Waals surface area contributed by atoms with Gasteiger partial charge in [-0.2, -0.15) is 0 Å². The quantitative estimate of drug-likeness (QED) is 0.182. The molecule has 0 N–H and O–H groups in total. The highest BCUT2D eigenvalue weighted by molar-refractivity contribution is 6.23. The zero-order valence-electron chi connectivity index (χ0n) is 28.7. The number of furan rings is 2. The Morgan fingerprint density at radius 1 is 0.321 bits per heavy atom. The van der Waals surface area contributed by atoms with E-state index < -0.39 is 0 Å². The number of benzene rings is 9. The molecule has 0 atom stereocenters. The Balaban J connectivity index is 1.11. The van der Waals surface area contributed by atoms with Crippen molar-refractivity contribution < 1.29 is 8.83 Å². The third kappa shape index (κ3) is 4.68. The van der Waals surface area contributed by atoms with Crippen LogP contribution in [0.5, 0.6) is 0 Å². The molecule has 0 aliphatic rings. The topological polar surface area (TPSA) is 29.5 Å². The van der Waals surface area contributed by atoms with E-state index in [1.54, 1.807) is 0 Å². The fraction of sp³-hybridized carbons (Fsp3) is 0. The van der Waals surface area contributed by atoms with Crippen LogP contribution in [0.1, 0.15) is 0 Å². The maximum atomic E-state index is 6.97. The van der Waals surface area contributed by atoms with Crippen molar-refractivity contribution in [2.24, 2.45) is 0 Å². The van der Waals surface area contributed by atoms with Crippen LogP contribution in [-0.2, 0) is 0 Å². The van der Waals surface area contributed by atoms with Gasteiger partial charge in [-0.3, -0.25) is 0 Å². The van der Waals surface area contributed by atoms with E-state index in [0.29, 0.717) is 0 Å². The first kappa shape index (κ1) is 29.6. The minimum absolute atomic E-state index is 0.823. The number of hydrogen-bond donors (Lipinski definition) is 0. The third-order valence-corrected chi connectivity index (χ3v) is 10.7. The molecule has 2 aromatic heterocycles. The van der Waals surface area contributed by atoms with Gasteiger partial charge >= 0.3 is 0 Å². The summed E-state index contributed by atoms with van der Waals surface area (Å²) in [6, 6.07) is 66.8. The second kappa shape index (κ2) is 11.7. The van der Waals surface area contributed by atoms with Gasteiger partial charge in [0, 0.05) is 27.5 Å². The van der Waals surface area contributed by atoms with E-state index in [1.807, 2.05) is 12.1 Å². The standard InChI is InChI=1S/C50H31NO2/c1-3-14-38-32(10-1)12-7-17-40(38)34-22-26-36(27-23-34)51(37-28-24-35(25-29-37)41-18-8-13-33-11-2-4-15-39(33)41)45-20-9-19-42-43-30-31-47-48(50(43)53-49(42)45)44-16-5-6-21-46(44)52-47/h1-31H. The normalized spacial score (nSPS) is 11.8. The van der Waals surface area contributed by atoms with Crippen molar-refractivity contribution in [2.45, 2.75) is 0 Å². The highest BCUT2D eigenvalue weighted by Crippen LogP contribution is 2.46. The average Bonchev–Trinajstić information content (AvgIpc) is 3.80. The summed E-state index contributed by atoms with van der Waals surface area (Å²) in [6.07, 6.45) is 0. The Morgan fingerprint density at radius 2 is 0.830 bits per heavy atom. The Hall–Kier alpha value is -7.10. The largest absolute Gasteiger partial charge is 0.456 e. The van der Waals surface area contributed by atoms with Crippen molar-refractivity contribution in [1.82, 2.24) is 0 Å². The minimum Gasteiger partial charge on any atom is -0.456 e. The van der Waals surface area contributed by atoms with E-state index in [2.05, 4.69) is 181 Å². The van der Waals surface area contributed by atoms with Crippen LogP contribution < -0.4 is 4.90 Å². The van der Waals surface area contributed by atoms with Crippen molar-refractivity contribution in [3.05, 3.63) is 188 Å². The molecule has 11 rings (SSSR count). The zero-order valence-corrected chi connectivity index (χ0v) is 28.7. The van der Waals surface area contributed by atoms with Gasteiger partial charge in [0.1, 0.15) is 16.7 Å². The minimum atomic E-state index is 0.823. The van der Waals surface area contributed by atoms with Crippen molar-refractivity contribution in [3.8, 4) is 22.3 Å². The smallest absolute Gasteiger partial charge is 0.159 e. The molecule has 0 radical (unpaired) electrons. The van der Waals surface area contributed by atoms with Crippen molar-refractivity contribution >= 4 is 82.5 Å². The molecular weight excluding hydrogens is 647 g/mol. The van der Waals surface area contributed by atoms with Crippen LogP contribution in [0, 0.1) is 0 Å². The third-order valence-electron chi connectivity index (χ3n) is 10.7. The number of rotatable bonds is 5. The second-order valence-corrected chi connectivity index (χ2v) is 13.7. The lowest BCUT2D eigenvalue weighted by Crippen LogP contribution is -2.10. The van der Waals surface area contributed by atoms with Crippen LogP contribution in [0.4, 0.5) is 17.1 Å². The first-order valence-corrected chi connectivity index (χ1v) is 18.0. The summed E-state index contributed by atoms with van der Waals surface area (Å²) < 4.78 is 13.2. The van der Waals surface area contributed by atoms with E-state index in [9.17, 15) is 0 Å². The van der Waals surface area contributed by atoms with E-state index in [0.717, 1.165) is 60.9 Å². The van der Waals surface area contributed by atoms with Gasteiger partial charge in [0.15, 0.2) is 5.58 Å². The summed E-state index contributed by atoms with van der Waals surface area (Å²) in [5.74, 6) is 0. The maximum absolute atomic E-state index is 6.97. The fourth-order valence-electron chi connectivity index (χ4n) is 8.19. The molecule has 0 spiro atoms. The molecule has 0 amide bonds. The molecule has 0 aliphatic heterocycles. The highest BCUT2D eigenvalue weighted by atomic mass is 16.3. The number of hydrogen-bond acceptors (Lipinski definition) is 3. The van der Waals surface area contributed by atoms with Crippen LogP contribution in [0.2, 0.25) is 0 Å². The lowest BCUT2D eigenvalue weighted by atomic mass is 9.97. The lowest BCUT2D eigenvalue weighted by molar-refractivity contribution is 0.663. The van der Waals surface area contributed by atoms with Crippen molar-refractivity contribution in [2.75, 3.05) is 4.90 Å². The van der Waals surface area contributed by atoms with E-state index in [4.69, 9.17) is 8.83 Å². The molecule has 11 aromatic rings. The Kier molecular flexibility index (Phi) is 6.55. The van der Waals surface area contributed by atoms with E-state index in [-0.39, 0.29) is 0 Å². The van der Waals surface area contributed by atoms with E-state index >= 15 is 0 Å². The first-order chi connectivity index (χ1) is 26.3. The van der Waals surface area contributed by atoms with Gasteiger partial charge in [-0.1, -0.05) is 140 Å². The van der Waals surface area contributed by atoms with E-state index in [1.165, 1.54) is 43.8 Å². The predicted molar refractivity (Wildman–Crippen MR) is 222 cm³/mol. The first-order valence-electron chi connectivity index (χ1n) is 18.0. The van der Waals surface area contributed by atoms with Gasteiger partial charge in [-0.25, -0.2) is 0 Å². The summed E-state index contributed by atoms with van der Waals surface area (Å²) in [6.45, 7) is 0. The Labute approximate surface area is 305 Å². The highest BCUT2D eigenvalue weighted by Gasteiger charge is 2.22.